The van der Waals surface area contributed by atoms with E-state index in [1.807, 2.05) is 30.3 Å². The van der Waals surface area contributed by atoms with Gasteiger partial charge < -0.3 is 0 Å². The summed E-state index contributed by atoms with van der Waals surface area (Å²) >= 11 is 9.26. The second kappa shape index (κ2) is 5.84. The zero-order valence-electron chi connectivity index (χ0n) is 10.8. The van der Waals surface area contributed by atoms with Crippen molar-refractivity contribution in [2.24, 2.45) is 0 Å². The van der Waals surface area contributed by atoms with Gasteiger partial charge in [-0.3, -0.25) is 4.79 Å². The minimum absolute atomic E-state index is 0.0966. The Bertz CT molecular complexity index is 799. The lowest BCUT2D eigenvalue weighted by atomic mass is 10.1. The van der Waals surface area contributed by atoms with Crippen LogP contribution in [-0.4, -0.2) is 15.6 Å². The highest BCUT2D eigenvalue weighted by molar-refractivity contribution is 9.10. The van der Waals surface area contributed by atoms with Gasteiger partial charge in [-0.05, 0) is 46.3 Å². The molecule has 3 aromatic rings. The lowest BCUT2D eigenvalue weighted by molar-refractivity contribution is 0.103. The summed E-state index contributed by atoms with van der Waals surface area (Å²) in [6.07, 6.45) is 3.29. The van der Waals surface area contributed by atoms with Gasteiger partial charge in [-0.1, -0.05) is 29.8 Å². The van der Waals surface area contributed by atoms with Crippen LogP contribution in [0.3, 0.4) is 0 Å². The summed E-state index contributed by atoms with van der Waals surface area (Å²) in [6.45, 7) is 0. The summed E-state index contributed by atoms with van der Waals surface area (Å²) in [5.74, 6) is -0.0966. The van der Waals surface area contributed by atoms with Crippen molar-refractivity contribution in [3.8, 4) is 5.69 Å². The van der Waals surface area contributed by atoms with Crippen LogP contribution in [0.2, 0.25) is 5.02 Å². The molecule has 0 bridgehead atoms. The maximum Gasteiger partial charge on any atom is 0.197 e. The number of rotatable bonds is 3. The molecule has 1 heterocycles. The van der Waals surface area contributed by atoms with Crippen molar-refractivity contribution in [3.05, 3.63) is 81.5 Å². The molecule has 21 heavy (non-hydrogen) atoms. The van der Waals surface area contributed by atoms with Crippen molar-refractivity contribution < 1.29 is 4.79 Å². The molecule has 0 radical (unpaired) electrons. The van der Waals surface area contributed by atoms with E-state index in [2.05, 4.69) is 21.0 Å². The molecule has 0 amide bonds. The molecule has 3 rings (SSSR count). The predicted molar refractivity (Wildman–Crippen MR) is 86.1 cm³/mol. The monoisotopic (exact) mass is 360 g/mol. The Morgan fingerprint density at radius 2 is 1.90 bits per heavy atom. The Balaban J connectivity index is 1.94. The number of carbonyl (C=O) groups excluding carboxylic acids is 1. The van der Waals surface area contributed by atoms with E-state index in [4.69, 9.17) is 11.6 Å². The minimum Gasteiger partial charge on any atom is -0.288 e. The van der Waals surface area contributed by atoms with Gasteiger partial charge in [0.2, 0.25) is 0 Å². The predicted octanol–water partition coefficient (Wildman–Crippen LogP) is 4.52. The molecule has 0 spiro atoms. The fourth-order valence-corrected chi connectivity index (χ4v) is 2.85. The number of benzene rings is 2. The SMILES string of the molecule is O=C(c1cnn(-c2ccccc2)c1)c1ccc(Cl)cc1Br. The van der Waals surface area contributed by atoms with Crippen LogP contribution in [0.1, 0.15) is 15.9 Å². The Kier molecular flexibility index (Phi) is 3.90. The van der Waals surface area contributed by atoms with Gasteiger partial charge in [0.15, 0.2) is 5.78 Å². The van der Waals surface area contributed by atoms with Gasteiger partial charge >= 0.3 is 0 Å². The number of carbonyl (C=O) groups is 1. The molecule has 3 nitrogen and oxygen atoms in total. The Morgan fingerprint density at radius 1 is 1.14 bits per heavy atom. The van der Waals surface area contributed by atoms with Crippen LogP contribution in [0, 0.1) is 0 Å². The summed E-state index contributed by atoms with van der Waals surface area (Å²) in [5, 5.41) is 4.82. The second-order valence-electron chi connectivity index (χ2n) is 4.46. The number of hydrogen-bond acceptors (Lipinski definition) is 2. The van der Waals surface area contributed by atoms with E-state index in [0.717, 1.165) is 5.69 Å². The normalized spacial score (nSPS) is 10.6. The third kappa shape index (κ3) is 2.91. The van der Waals surface area contributed by atoms with Crippen LogP contribution in [0.5, 0.6) is 0 Å². The first-order valence-electron chi connectivity index (χ1n) is 6.25. The minimum atomic E-state index is -0.0966. The number of hydrogen-bond donors (Lipinski definition) is 0. The van der Waals surface area contributed by atoms with Crippen LogP contribution in [0.15, 0.2) is 65.4 Å². The van der Waals surface area contributed by atoms with Crippen molar-refractivity contribution in [3.63, 3.8) is 0 Å². The maximum absolute atomic E-state index is 12.5. The van der Waals surface area contributed by atoms with Crippen molar-refractivity contribution in [1.82, 2.24) is 9.78 Å². The van der Waals surface area contributed by atoms with Crippen molar-refractivity contribution in [2.75, 3.05) is 0 Å². The summed E-state index contributed by atoms with van der Waals surface area (Å²) in [6, 6.07) is 14.7. The van der Waals surface area contributed by atoms with Crippen molar-refractivity contribution in [2.45, 2.75) is 0 Å². The standard InChI is InChI=1S/C16H10BrClN2O/c17-15-8-12(18)6-7-14(15)16(21)11-9-19-20(10-11)13-4-2-1-3-5-13/h1-10H. The first kappa shape index (κ1) is 14.0. The Hall–Kier alpha value is -1.91. The molecule has 0 unspecified atom stereocenters. The van der Waals surface area contributed by atoms with Gasteiger partial charge in [-0.2, -0.15) is 5.10 Å². The van der Waals surface area contributed by atoms with Crippen LogP contribution in [0.4, 0.5) is 0 Å². The van der Waals surface area contributed by atoms with E-state index < -0.39 is 0 Å². The summed E-state index contributed by atoms with van der Waals surface area (Å²) in [4.78, 5) is 12.5. The fourth-order valence-electron chi connectivity index (χ4n) is 1.99. The summed E-state index contributed by atoms with van der Waals surface area (Å²) < 4.78 is 2.35. The molecular formula is C16H10BrClN2O. The highest BCUT2D eigenvalue weighted by Gasteiger charge is 2.15. The Morgan fingerprint density at radius 3 is 2.62 bits per heavy atom. The highest BCUT2D eigenvalue weighted by atomic mass is 79.9. The molecule has 5 heteroatoms. The van der Waals surface area contributed by atoms with E-state index >= 15 is 0 Å². The highest BCUT2D eigenvalue weighted by Crippen LogP contribution is 2.24. The van der Waals surface area contributed by atoms with Gasteiger partial charge in [0, 0.05) is 21.3 Å². The van der Waals surface area contributed by atoms with E-state index in [9.17, 15) is 4.79 Å². The summed E-state index contributed by atoms with van der Waals surface area (Å²) in [7, 11) is 0. The molecular weight excluding hydrogens is 352 g/mol. The number of aromatic nitrogens is 2. The second-order valence-corrected chi connectivity index (χ2v) is 5.75. The third-order valence-corrected chi connectivity index (χ3v) is 3.93. The molecule has 0 aliphatic rings. The molecule has 0 saturated heterocycles. The first-order valence-corrected chi connectivity index (χ1v) is 7.42. The molecule has 0 N–H and O–H groups in total. The fraction of sp³-hybridized carbons (Fsp3) is 0. The van der Waals surface area contributed by atoms with Crippen LogP contribution < -0.4 is 0 Å². The Labute approximate surface area is 135 Å². The summed E-state index contributed by atoms with van der Waals surface area (Å²) in [5.41, 5.74) is 2.00. The molecule has 0 atom stereocenters. The van der Waals surface area contributed by atoms with Crippen molar-refractivity contribution >= 4 is 33.3 Å². The zero-order chi connectivity index (χ0) is 14.8. The van der Waals surface area contributed by atoms with Gasteiger partial charge in [-0.25, -0.2) is 4.68 Å². The van der Waals surface area contributed by atoms with Gasteiger partial charge in [-0.15, -0.1) is 0 Å². The van der Waals surface area contributed by atoms with E-state index in [0.29, 0.717) is 20.6 Å². The quantitative estimate of drug-likeness (QED) is 0.643. The molecule has 0 fully saturated rings. The lowest BCUT2D eigenvalue weighted by Crippen LogP contribution is -2.01. The zero-order valence-corrected chi connectivity index (χ0v) is 13.2. The number of nitrogens with zero attached hydrogens (tertiary/aromatic N) is 2. The van der Waals surface area contributed by atoms with Crippen molar-refractivity contribution in [1.29, 1.82) is 0 Å². The smallest absolute Gasteiger partial charge is 0.197 e. The van der Waals surface area contributed by atoms with E-state index in [1.54, 1.807) is 35.3 Å². The molecule has 0 saturated carbocycles. The first-order chi connectivity index (χ1) is 10.1. The molecule has 0 aliphatic heterocycles. The van der Waals surface area contributed by atoms with E-state index in [1.165, 1.54) is 0 Å². The molecule has 104 valence electrons. The molecule has 0 aliphatic carbocycles. The number of ketones is 1. The largest absolute Gasteiger partial charge is 0.288 e. The third-order valence-electron chi connectivity index (χ3n) is 3.04. The average Bonchev–Trinajstić information content (AvgIpc) is 2.97. The number of halogens is 2. The lowest BCUT2D eigenvalue weighted by Gasteiger charge is -2.02. The van der Waals surface area contributed by atoms with Gasteiger partial charge in [0.05, 0.1) is 17.4 Å². The average molecular weight is 362 g/mol. The topological polar surface area (TPSA) is 34.9 Å². The van der Waals surface area contributed by atoms with E-state index in [-0.39, 0.29) is 5.78 Å². The van der Waals surface area contributed by atoms with Crippen LogP contribution >= 0.6 is 27.5 Å². The maximum atomic E-state index is 12.5. The number of para-hydroxylation sites is 1. The molecule has 2 aromatic carbocycles. The van der Waals surface area contributed by atoms with Crippen LogP contribution in [0.25, 0.3) is 5.69 Å². The van der Waals surface area contributed by atoms with Gasteiger partial charge in [0.25, 0.3) is 0 Å². The molecule has 1 aromatic heterocycles. The van der Waals surface area contributed by atoms with Gasteiger partial charge in [0.1, 0.15) is 0 Å². The van der Waals surface area contributed by atoms with Crippen LogP contribution in [-0.2, 0) is 0 Å².